The Morgan fingerprint density at radius 2 is 1.61 bits per heavy atom. The predicted molar refractivity (Wildman–Crippen MR) is 113 cm³/mol. The van der Waals surface area contributed by atoms with Gasteiger partial charge in [0.25, 0.3) is 5.60 Å². The monoisotopic (exact) mass is 494 g/mol. The minimum absolute atomic E-state index is 0.0225. The van der Waals surface area contributed by atoms with Crippen LogP contribution in [0.2, 0.25) is 0 Å². The molecule has 2 aliphatic rings. The summed E-state index contributed by atoms with van der Waals surface area (Å²) in [5.74, 6) is -0.475. The number of rotatable bonds is 8. The zero-order chi connectivity index (χ0) is 30.5. The number of halogens is 6. The van der Waals surface area contributed by atoms with Gasteiger partial charge < -0.3 is 15.3 Å². The molecule has 0 aromatic heterocycles. The fraction of sp³-hybridized carbons (Fsp3) is 0.917. The second-order valence-electron chi connectivity index (χ2n) is 10.4. The van der Waals surface area contributed by atoms with Crippen molar-refractivity contribution in [1.82, 2.24) is 0 Å². The van der Waals surface area contributed by atoms with Crippen LogP contribution in [0.4, 0.5) is 26.3 Å². The average molecular weight is 495 g/mol. The van der Waals surface area contributed by atoms with Crippen molar-refractivity contribution in [1.29, 1.82) is 0 Å². The summed E-state index contributed by atoms with van der Waals surface area (Å²) >= 11 is 0. The molecule has 2 fully saturated rings. The summed E-state index contributed by atoms with van der Waals surface area (Å²) < 4.78 is 125. The third kappa shape index (κ3) is 5.89. The van der Waals surface area contributed by atoms with Crippen molar-refractivity contribution >= 4 is 0 Å². The molecule has 5 atom stereocenters. The summed E-state index contributed by atoms with van der Waals surface area (Å²) in [5.41, 5.74) is -9.73. The second-order valence-corrected chi connectivity index (χ2v) is 10.4. The van der Waals surface area contributed by atoms with Crippen molar-refractivity contribution in [3.63, 3.8) is 0 Å². The van der Waals surface area contributed by atoms with Crippen LogP contribution in [0.25, 0.3) is 0 Å². The van der Waals surface area contributed by atoms with E-state index in [9.17, 15) is 41.7 Å². The summed E-state index contributed by atoms with van der Waals surface area (Å²) in [5, 5.41) is 30.8. The third-order valence-corrected chi connectivity index (χ3v) is 8.02. The molecule has 0 radical (unpaired) electrons. The molecule has 0 heterocycles. The lowest BCUT2D eigenvalue weighted by atomic mass is 9.56. The molecule has 0 saturated heterocycles. The summed E-state index contributed by atoms with van der Waals surface area (Å²) in [4.78, 5) is 0. The van der Waals surface area contributed by atoms with E-state index < -0.39 is 60.6 Å². The van der Waals surface area contributed by atoms with E-state index in [0.29, 0.717) is 38.2 Å². The van der Waals surface area contributed by atoms with Crippen LogP contribution in [0.3, 0.4) is 0 Å². The summed E-state index contributed by atoms with van der Waals surface area (Å²) in [6.07, 6.45) is -10.7. The van der Waals surface area contributed by atoms with E-state index in [0.717, 1.165) is 0 Å². The Labute approximate surface area is 200 Å². The molecule has 3 nitrogen and oxygen atoms in total. The SMILES string of the molecule is [2H]C([2H])([2H])C(O)(CCCC(C)(CC=CC(O)(C(F)(F)F)C(F)(F)F)[C@H]1CCC2[C@@H](O)CCC[C@@]21C)C([2H])([2H])[2H]. The molecule has 0 amide bonds. The highest BCUT2D eigenvalue weighted by atomic mass is 19.4. The summed E-state index contributed by atoms with van der Waals surface area (Å²) in [7, 11) is 0. The Balaban J connectivity index is 2.45. The second kappa shape index (κ2) is 9.34. The minimum Gasteiger partial charge on any atom is -0.393 e. The van der Waals surface area contributed by atoms with Gasteiger partial charge in [-0.3, -0.25) is 0 Å². The first-order chi connectivity index (χ1) is 17.3. The van der Waals surface area contributed by atoms with Crippen LogP contribution >= 0.6 is 0 Å². The number of alkyl halides is 6. The van der Waals surface area contributed by atoms with E-state index in [-0.39, 0.29) is 37.2 Å². The van der Waals surface area contributed by atoms with Gasteiger partial charge in [0.05, 0.1) is 11.7 Å². The largest absolute Gasteiger partial charge is 0.429 e. The number of hydrogen-bond donors (Lipinski definition) is 3. The normalized spacial score (nSPS) is 35.1. The minimum atomic E-state index is -6.04. The van der Waals surface area contributed by atoms with Crippen LogP contribution < -0.4 is 0 Å². The fourth-order valence-electron chi connectivity index (χ4n) is 6.31. The molecule has 33 heavy (non-hydrogen) atoms. The molecule has 0 aromatic rings. The molecular weight excluding hydrogens is 450 g/mol. The lowest BCUT2D eigenvalue weighted by Gasteiger charge is -2.50. The van der Waals surface area contributed by atoms with E-state index >= 15 is 0 Å². The smallest absolute Gasteiger partial charge is 0.393 e. The van der Waals surface area contributed by atoms with E-state index in [2.05, 4.69) is 0 Å². The zero-order valence-corrected chi connectivity index (χ0v) is 18.9. The molecule has 2 rings (SSSR count). The summed E-state index contributed by atoms with van der Waals surface area (Å²) in [6, 6.07) is 0. The number of aliphatic hydroxyl groups is 3. The van der Waals surface area contributed by atoms with Crippen LogP contribution in [0.15, 0.2) is 12.2 Å². The van der Waals surface area contributed by atoms with Crippen LogP contribution in [0.5, 0.6) is 0 Å². The first-order valence-electron chi connectivity index (χ1n) is 14.2. The van der Waals surface area contributed by atoms with Crippen molar-refractivity contribution < 1.29 is 49.9 Å². The van der Waals surface area contributed by atoms with Crippen molar-refractivity contribution in [3.05, 3.63) is 12.2 Å². The van der Waals surface area contributed by atoms with Gasteiger partial charge in [0, 0.05) is 8.22 Å². The van der Waals surface area contributed by atoms with E-state index in [1.807, 2.05) is 6.92 Å². The molecule has 0 spiro atoms. The van der Waals surface area contributed by atoms with Gasteiger partial charge in [-0.2, -0.15) is 26.3 Å². The number of aliphatic hydroxyl groups excluding tert-OH is 1. The van der Waals surface area contributed by atoms with Crippen LogP contribution in [0, 0.1) is 22.7 Å². The Hall–Kier alpha value is -0.800. The molecule has 0 aromatic carbocycles. The van der Waals surface area contributed by atoms with Gasteiger partial charge in [-0.25, -0.2) is 0 Å². The van der Waals surface area contributed by atoms with Crippen molar-refractivity contribution in [3.8, 4) is 0 Å². The van der Waals surface area contributed by atoms with Gasteiger partial charge in [0.15, 0.2) is 0 Å². The highest BCUT2D eigenvalue weighted by Crippen LogP contribution is 2.62. The lowest BCUT2D eigenvalue weighted by molar-refractivity contribution is -0.347. The third-order valence-electron chi connectivity index (χ3n) is 8.02. The highest BCUT2D eigenvalue weighted by molar-refractivity contribution is 5.13. The van der Waals surface area contributed by atoms with E-state index in [1.54, 1.807) is 6.92 Å². The van der Waals surface area contributed by atoms with Gasteiger partial charge in [0.1, 0.15) is 0 Å². The molecule has 2 unspecified atom stereocenters. The standard InChI is InChI=1S/C24H38F6O3/c1-19(2,32)11-6-12-20(3,13-7-15-22(33,23(25,26)27)24(28,29)30)18-10-9-16-17(31)8-5-14-21(16,18)4/h7,15-18,31-33H,5-6,8-14H2,1-4H3/t16?,17-,18+,20?,21-/m0/s1/i1D3,2D3. The predicted octanol–water partition coefficient (Wildman–Crippen LogP) is 6.31. The Morgan fingerprint density at radius 1 is 1.00 bits per heavy atom. The fourth-order valence-corrected chi connectivity index (χ4v) is 6.31. The van der Waals surface area contributed by atoms with Crippen LogP contribution in [-0.2, 0) is 0 Å². The maximum atomic E-state index is 13.2. The Kier molecular flexibility index (Phi) is 5.77. The number of fused-ring (bicyclic) bond motifs is 1. The quantitative estimate of drug-likeness (QED) is 0.274. The molecule has 2 aliphatic carbocycles. The lowest BCUT2D eigenvalue weighted by Crippen LogP contribution is -2.55. The maximum absolute atomic E-state index is 13.2. The van der Waals surface area contributed by atoms with Gasteiger partial charge in [-0.05, 0) is 87.4 Å². The average Bonchev–Trinajstić information content (AvgIpc) is 3.09. The molecule has 194 valence electrons. The van der Waals surface area contributed by atoms with Crippen LogP contribution in [-0.4, -0.2) is 45.0 Å². The maximum Gasteiger partial charge on any atom is 0.429 e. The summed E-state index contributed by atoms with van der Waals surface area (Å²) in [6.45, 7) is -3.01. The molecule has 3 N–H and O–H groups in total. The molecule has 0 aliphatic heterocycles. The first-order valence-corrected chi connectivity index (χ1v) is 11.2. The Bertz CT molecular complexity index is 860. The molecule has 2 saturated carbocycles. The van der Waals surface area contributed by atoms with Gasteiger partial charge in [-0.1, -0.05) is 32.8 Å². The number of allylic oxidation sites excluding steroid dienone is 1. The molecule has 9 heteroatoms. The zero-order valence-electron chi connectivity index (χ0n) is 24.9. The van der Waals surface area contributed by atoms with E-state index in [1.165, 1.54) is 0 Å². The van der Waals surface area contributed by atoms with Gasteiger partial charge in [0.2, 0.25) is 0 Å². The topological polar surface area (TPSA) is 60.7 Å². The van der Waals surface area contributed by atoms with Gasteiger partial charge >= 0.3 is 12.4 Å². The molecular formula is C24H38F6O3. The Morgan fingerprint density at radius 3 is 2.15 bits per heavy atom. The molecule has 0 bridgehead atoms. The highest BCUT2D eigenvalue weighted by Gasteiger charge is 2.69. The van der Waals surface area contributed by atoms with E-state index in [4.69, 9.17) is 8.22 Å². The van der Waals surface area contributed by atoms with Crippen LogP contribution in [0.1, 0.15) is 93.6 Å². The van der Waals surface area contributed by atoms with Gasteiger partial charge in [-0.15, -0.1) is 0 Å². The van der Waals surface area contributed by atoms with Crippen molar-refractivity contribution in [2.75, 3.05) is 0 Å². The van der Waals surface area contributed by atoms with Crippen molar-refractivity contribution in [2.45, 2.75) is 115 Å². The van der Waals surface area contributed by atoms with Crippen molar-refractivity contribution in [2.24, 2.45) is 22.7 Å². The first kappa shape index (κ1) is 20.4. The number of hydrogen-bond acceptors (Lipinski definition) is 3.